The van der Waals surface area contributed by atoms with Crippen LogP contribution in [0.3, 0.4) is 0 Å². The Bertz CT molecular complexity index is 744. The first-order valence-electron chi connectivity index (χ1n) is 8.10. The standard InChI is InChI=1S/C18H21Cl2N3O/c1-12(18(24)21-15-11-13(19)7-8-14(15)20)23-10-4-6-17(23)16-5-3-9-22(16)2/h3,5,7-9,11-12,17H,4,6,10H2,1-2H3,(H,21,24)/t12-,17-/m1/s1. The Morgan fingerprint density at radius 2 is 2.12 bits per heavy atom. The van der Waals surface area contributed by atoms with Crippen molar-refractivity contribution in [3.05, 3.63) is 52.3 Å². The molecule has 4 nitrogen and oxygen atoms in total. The van der Waals surface area contributed by atoms with Crippen LogP contribution in [0, 0.1) is 0 Å². The number of rotatable bonds is 4. The number of halogens is 2. The summed E-state index contributed by atoms with van der Waals surface area (Å²) in [5.41, 5.74) is 1.79. The summed E-state index contributed by atoms with van der Waals surface area (Å²) in [6, 6.07) is 9.25. The normalized spacial score (nSPS) is 19.4. The first kappa shape index (κ1) is 17.3. The van der Waals surface area contributed by atoms with Crippen molar-refractivity contribution in [2.75, 3.05) is 11.9 Å². The quantitative estimate of drug-likeness (QED) is 0.865. The molecule has 1 aromatic heterocycles. The van der Waals surface area contributed by atoms with E-state index in [2.05, 4.69) is 20.9 Å². The van der Waals surface area contributed by atoms with E-state index in [1.165, 1.54) is 5.69 Å². The minimum atomic E-state index is -0.248. The third kappa shape index (κ3) is 3.46. The van der Waals surface area contributed by atoms with E-state index >= 15 is 0 Å². The topological polar surface area (TPSA) is 37.3 Å². The number of aryl methyl sites for hydroxylation is 1. The van der Waals surface area contributed by atoms with E-state index in [0.717, 1.165) is 19.4 Å². The Balaban J connectivity index is 1.75. The number of carbonyl (C=O) groups is 1. The molecular weight excluding hydrogens is 345 g/mol. The molecule has 1 aromatic carbocycles. The van der Waals surface area contributed by atoms with Crippen LogP contribution in [0.25, 0.3) is 0 Å². The Morgan fingerprint density at radius 1 is 1.33 bits per heavy atom. The molecule has 0 aliphatic carbocycles. The lowest BCUT2D eigenvalue weighted by molar-refractivity contribution is -0.121. The lowest BCUT2D eigenvalue weighted by atomic mass is 10.1. The third-order valence-electron chi connectivity index (χ3n) is 4.68. The molecule has 2 heterocycles. The average molecular weight is 366 g/mol. The van der Waals surface area contributed by atoms with E-state index in [1.807, 2.05) is 26.2 Å². The van der Waals surface area contributed by atoms with Gasteiger partial charge < -0.3 is 9.88 Å². The fourth-order valence-corrected chi connectivity index (χ4v) is 3.71. The van der Waals surface area contributed by atoms with Crippen LogP contribution in [-0.4, -0.2) is 28.0 Å². The van der Waals surface area contributed by atoms with Crippen LogP contribution in [0.15, 0.2) is 36.5 Å². The molecule has 1 amide bonds. The molecular formula is C18H21Cl2N3O. The van der Waals surface area contributed by atoms with Gasteiger partial charge in [-0.05, 0) is 56.6 Å². The molecule has 1 aliphatic rings. The second-order valence-corrected chi connectivity index (χ2v) is 7.07. The molecule has 2 atom stereocenters. The largest absolute Gasteiger partial charge is 0.353 e. The summed E-state index contributed by atoms with van der Waals surface area (Å²) < 4.78 is 2.13. The molecule has 2 aromatic rings. The SMILES string of the molecule is C[C@H](C(=O)Nc1cc(Cl)ccc1Cl)N1CCC[C@@H]1c1cccn1C. The van der Waals surface area contributed by atoms with Crippen molar-refractivity contribution < 1.29 is 4.79 Å². The van der Waals surface area contributed by atoms with Gasteiger partial charge in [0.1, 0.15) is 0 Å². The Morgan fingerprint density at radius 3 is 2.83 bits per heavy atom. The van der Waals surface area contributed by atoms with Crippen molar-refractivity contribution in [2.24, 2.45) is 7.05 Å². The van der Waals surface area contributed by atoms with E-state index in [9.17, 15) is 4.79 Å². The number of hydrogen-bond donors (Lipinski definition) is 1. The van der Waals surface area contributed by atoms with E-state index in [0.29, 0.717) is 15.7 Å². The van der Waals surface area contributed by atoms with Crippen LogP contribution in [0.2, 0.25) is 10.0 Å². The van der Waals surface area contributed by atoms with Crippen molar-refractivity contribution in [1.29, 1.82) is 0 Å². The first-order valence-corrected chi connectivity index (χ1v) is 8.86. The van der Waals surface area contributed by atoms with Gasteiger partial charge in [-0.1, -0.05) is 23.2 Å². The second kappa shape index (κ2) is 7.18. The summed E-state index contributed by atoms with van der Waals surface area (Å²) in [5.74, 6) is -0.0692. The van der Waals surface area contributed by atoms with Crippen LogP contribution < -0.4 is 5.32 Å². The lowest BCUT2D eigenvalue weighted by Crippen LogP contribution is -2.42. The fraction of sp³-hybridized carbons (Fsp3) is 0.389. The highest BCUT2D eigenvalue weighted by Crippen LogP contribution is 2.34. The number of aromatic nitrogens is 1. The molecule has 0 radical (unpaired) electrons. The Kier molecular flexibility index (Phi) is 5.18. The van der Waals surface area contributed by atoms with Gasteiger partial charge in [-0.15, -0.1) is 0 Å². The van der Waals surface area contributed by atoms with Gasteiger partial charge in [-0.25, -0.2) is 0 Å². The van der Waals surface area contributed by atoms with Gasteiger partial charge in [-0.2, -0.15) is 0 Å². The number of nitrogens with one attached hydrogen (secondary N) is 1. The molecule has 1 saturated heterocycles. The van der Waals surface area contributed by atoms with Crippen molar-refractivity contribution in [1.82, 2.24) is 9.47 Å². The zero-order valence-electron chi connectivity index (χ0n) is 13.8. The maximum atomic E-state index is 12.7. The molecule has 0 spiro atoms. The molecule has 3 rings (SSSR count). The molecule has 1 fully saturated rings. The summed E-state index contributed by atoms with van der Waals surface area (Å²) >= 11 is 12.1. The molecule has 128 valence electrons. The van der Waals surface area contributed by atoms with Crippen molar-refractivity contribution >= 4 is 34.8 Å². The van der Waals surface area contributed by atoms with Crippen molar-refractivity contribution in [3.8, 4) is 0 Å². The van der Waals surface area contributed by atoms with Gasteiger partial charge in [0.05, 0.1) is 22.8 Å². The predicted octanol–water partition coefficient (Wildman–Crippen LogP) is 4.50. The van der Waals surface area contributed by atoms with Gasteiger partial charge in [-0.3, -0.25) is 9.69 Å². The Labute approximate surface area is 152 Å². The molecule has 0 unspecified atom stereocenters. The lowest BCUT2D eigenvalue weighted by Gasteiger charge is -2.30. The smallest absolute Gasteiger partial charge is 0.241 e. The summed E-state index contributed by atoms with van der Waals surface area (Å²) in [6.45, 7) is 2.85. The number of anilines is 1. The third-order valence-corrected chi connectivity index (χ3v) is 5.25. The molecule has 0 saturated carbocycles. The highest BCUT2D eigenvalue weighted by molar-refractivity contribution is 6.35. The minimum absolute atomic E-state index is 0.0692. The van der Waals surface area contributed by atoms with Crippen LogP contribution in [-0.2, 0) is 11.8 Å². The highest BCUT2D eigenvalue weighted by atomic mass is 35.5. The van der Waals surface area contributed by atoms with E-state index < -0.39 is 0 Å². The van der Waals surface area contributed by atoms with Crippen LogP contribution in [0.5, 0.6) is 0 Å². The molecule has 24 heavy (non-hydrogen) atoms. The van der Waals surface area contributed by atoms with Gasteiger partial charge >= 0.3 is 0 Å². The number of benzene rings is 1. The zero-order valence-corrected chi connectivity index (χ0v) is 15.3. The Hall–Kier alpha value is -1.49. The first-order chi connectivity index (χ1) is 11.5. The molecule has 1 aliphatic heterocycles. The van der Waals surface area contributed by atoms with Gasteiger partial charge in [0.2, 0.25) is 5.91 Å². The number of likely N-dealkylation sites (tertiary alicyclic amines) is 1. The van der Waals surface area contributed by atoms with Gasteiger partial charge in [0, 0.05) is 24.0 Å². The number of nitrogens with zero attached hydrogens (tertiary/aromatic N) is 2. The molecule has 6 heteroatoms. The monoisotopic (exact) mass is 365 g/mol. The average Bonchev–Trinajstić information content (AvgIpc) is 3.18. The summed E-state index contributed by atoms with van der Waals surface area (Å²) in [5, 5.41) is 3.94. The fourth-order valence-electron chi connectivity index (χ4n) is 3.37. The van der Waals surface area contributed by atoms with Crippen LogP contribution >= 0.6 is 23.2 Å². The molecule has 1 N–H and O–H groups in total. The number of hydrogen-bond acceptors (Lipinski definition) is 2. The molecule has 0 bridgehead atoms. The maximum Gasteiger partial charge on any atom is 0.241 e. The predicted molar refractivity (Wildman–Crippen MR) is 98.6 cm³/mol. The van der Waals surface area contributed by atoms with Crippen molar-refractivity contribution in [3.63, 3.8) is 0 Å². The van der Waals surface area contributed by atoms with E-state index in [-0.39, 0.29) is 18.0 Å². The zero-order chi connectivity index (χ0) is 17.3. The summed E-state index contributed by atoms with van der Waals surface area (Å²) in [7, 11) is 2.04. The number of amides is 1. The van der Waals surface area contributed by atoms with Crippen LogP contribution in [0.4, 0.5) is 5.69 Å². The van der Waals surface area contributed by atoms with Crippen LogP contribution in [0.1, 0.15) is 31.5 Å². The van der Waals surface area contributed by atoms with Gasteiger partial charge in [0.15, 0.2) is 0 Å². The summed E-state index contributed by atoms with van der Waals surface area (Å²) in [6.07, 6.45) is 4.20. The number of carbonyl (C=O) groups excluding carboxylic acids is 1. The maximum absolute atomic E-state index is 12.7. The van der Waals surface area contributed by atoms with Crippen molar-refractivity contribution in [2.45, 2.75) is 31.8 Å². The van der Waals surface area contributed by atoms with E-state index in [4.69, 9.17) is 23.2 Å². The minimum Gasteiger partial charge on any atom is -0.353 e. The van der Waals surface area contributed by atoms with Gasteiger partial charge in [0.25, 0.3) is 0 Å². The summed E-state index contributed by atoms with van der Waals surface area (Å²) in [4.78, 5) is 15.0. The van der Waals surface area contributed by atoms with E-state index in [1.54, 1.807) is 18.2 Å². The highest BCUT2D eigenvalue weighted by Gasteiger charge is 2.34. The second-order valence-electron chi connectivity index (χ2n) is 6.23.